The highest BCUT2D eigenvalue weighted by Crippen LogP contribution is 2.38. The first-order valence-corrected chi connectivity index (χ1v) is 13.2. The molecule has 1 heterocycles. The van der Waals surface area contributed by atoms with Crippen LogP contribution in [0.2, 0.25) is 0 Å². The zero-order valence-corrected chi connectivity index (χ0v) is 22.1. The van der Waals surface area contributed by atoms with Gasteiger partial charge in [-0.15, -0.1) is 0 Å². The molecule has 194 valence electrons. The van der Waals surface area contributed by atoms with Crippen LogP contribution in [0.5, 0.6) is 0 Å². The lowest BCUT2D eigenvalue weighted by atomic mass is 10.0. The number of benzene rings is 5. The number of amides is 2. The highest BCUT2D eigenvalue weighted by molar-refractivity contribution is 5.99. The van der Waals surface area contributed by atoms with Crippen molar-refractivity contribution in [2.45, 2.75) is 6.92 Å². The second kappa shape index (κ2) is 11.1. The molecule has 2 N–H and O–H groups in total. The molecule has 5 nitrogen and oxygen atoms in total. The van der Waals surface area contributed by atoms with Gasteiger partial charge in [0.2, 0.25) is 0 Å². The number of urea groups is 1. The predicted octanol–water partition coefficient (Wildman–Crippen LogP) is 8.83. The summed E-state index contributed by atoms with van der Waals surface area (Å²) in [5.41, 5.74) is 8.61. The molecule has 0 bridgehead atoms. The second-order valence-corrected chi connectivity index (χ2v) is 9.56. The Balaban J connectivity index is 1.45. The summed E-state index contributed by atoms with van der Waals surface area (Å²) in [6, 6.07) is 46.0. The molecule has 0 spiro atoms. The van der Waals surface area contributed by atoms with Crippen molar-refractivity contribution in [3.05, 3.63) is 145 Å². The number of carbonyl (C=O) groups excluding carboxylic acids is 1. The molecule has 6 rings (SSSR count). The van der Waals surface area contributed by atoms with Gasteiger partial charge < -0.3 is 10.6 Å². The summed E-state index contributed by atoms with van der Waals surface area (Å²) in [5.74, 6) is 0.847. The molecule has 0 unspecified atom stereocenters. The lowest BCUT2D eigenvalue weighted by Crippen LogP contribution is -2.19. The Bertz CT molecular complexity index is 1730. The van der Waals surface area contributed by atoms with Gasteiger partial charge in [-0.05, 0) is 43.3 Å². The van der Waals surface area contributed by atoms with Crippen molar-refractivity contribution < 1.29 is 4.79 Å². The Labute approximate surface area is 233 Å². The fraction of sp³-hybridized carbons (Fsp3) is 0.0286. The third-order valence-electron chi connectivity index (χ3n) is 6.70. The van der Waals surface area contributed by atoms with Gasteiger partial charge in [0, 0.05) is 33.8 Å². The SMILES string of the molecule is Cc1ccc(-c2nc(-c3ccccc3)c(-c3ccccc3)n2-c2ccc(NC(=O)Nc3ccccc3)cc2)cc1. The van der Waals surface area contributed by atoms with E-state index in [9.17, 15) is 4.79 Å². The summed E-state index contributed by atoms with van der Waals surface area (Å²) in [6.07, 6.45) is 0. The normalized spacial score (nSPS) is 10.7. The molecule has 2 amide bonds. The maximum absolute atomic E-state index is 12.6. The Kier molecular flexibility index (Phi) is 6.93. The minimum absolute atomic E-state index is 0.293. The van der Waals surface area contributed by atoms with E-state index in [1.165, 1.54) is 5.56 Å². The number of hydrogen-bond acceptors (Lipinski definition) is 2. The summed E-state index contributed by atoms with van der Waals surface area (Å²) in [5, 5.41) is 5.78. The van der Waals surface area contributed by atoms with Crippen LogP contribution in [0.1, 0.15) is 5.56 Å². The molecule has 1 aromatic heterocycles. The summed E-state index contributed by atoms with van der Waals surface area (Å²) in [4.78, 5) is 17.8. The van der Waals surface area contributed by atoms with E-state index in [0.717, 1.165) is 45.3 Å². The number of anilines is 2. The quantitative estimate of drug-likeness (QED) is 0.230. The van der Waals surface area contributed by atoms with Crippen molar-refractivity contribution in [2.75, 3.05) is 10.6 Å². The average Bonchev–Trinajstić information content (AvgIpc) is 3.40. The van der Waals surface area contributed by atoms with Crippen LogP contribution in [-0.2, 0) is 0 Å². The molecule has 0 aliphatic rings. The fourth-order valence-electron chi connectivity index (χ4n) is 4.74. The van der Waals surface area contributed by atoms with Gasteiger partial charge in [0.25, 0.3) is 0 Å². The molecule has 0 fully saturated rings. The van der Waals surface area contributed by atoms with E-state index in [0.29, 0.717) is 5.69 Å². The maximum Gasteiger partial charge on any atom is 0.323 e. The van der Waals surface area contributed by atoms with Gasteiger partial charge >= 0.3 is 6.03 Å². The largest absolute Gasteiger partial charge is 0.323 e. The molecule has 0 atom stereocenters. The first kappa shape index (κ1) is 24.9. The number of nitrogens with one attached hydrogen (secondary N) is 2. The van der Waals surface area contributed by atoms with Gasteiger partial charge in [-0.3, -0.25) is 4.57 Å². The molecular weight excluding hydrogens is 492 g/mol. The number of rotatable bonds is 6. The van der Waals surface area contributed by atoms with E-state index in [4.69, 9.17) is 4.98 Å². The highest BCUT2D eigenvalue weighted by atomic mass is 16.2. The number of aryl methyl sites for hydroxylation is 1. The van der Waals surface area contributed by atoms with Gasteiger partial charge in [-0.1, -0.05) is 109 Å². The van der Waals surface area contributed by atoms with E-state index in [-0.39, 0.29) is 6.03 Å². The van der Waals surface area contributed by atoms with Gasteiger partial charge in [-0.25, -0.2) is 9.78 Å². The van der Waals surface area contributed by atoms with E-state index in [1.54, 1.807) is 0 Å². The van der Waals surface area contributed by atoms with Gasteiger partial charge in [0.05, 0.1) is 11.4 Å². The van der Waals surface area contributed by atoms with Gasteiger partial charge in [0.1, 0.15) is 5.82 Å². The predicted molar refractivity (Wildman–Crippen MR) is 164 cm³/mol. The number of carbonyl (C=O) groups is 1. The minimum Gasteiger partial charge on any atom is -0.308 e. The van der Waals surface area contributed by atoms with Crippen LogP contribution in [-0.4, -0.2) is 15.6 Å². The van der Waals surface area contributed by atoms with Crippen molar-refractivity contribution in [1.82, 2.24) is 9.55 Å². The van der Waals surface area contributed by atoms with Crippen molar-refractivity contribution in [3.8, 4) is 39.6 Å². The lowest BCUT2D eigenvalue weighted by molar-refractivity contribution is 0.262. The van der Waals surface area contributed by atoms with Crippen molar-refractivity contribution in [1.29, 1.82) is 0 Å². The van der Waals surface area contributed by atoms with Crippen LogP contribution >= 0.6 is 0 Å². The third kappa shape index (κ3) is 5.26. The molecule has 5 aromatic carbocycles. The number of para-hydroxylation sites is 1. The summed E-state index contributed by atoms with van der Waals surface area (Å²) in [6.45, 7) is 2.08. The minimum atomic E-state index is -0.293. The summed E-state index contributed by atoms with van der Waals surface area (Å²) < 4.78 is 2.20. The molecule has 5 heteroatoms. The zero-order chi connectivity index (χ0) is 27.3. The first-order chi connectivity index (χ1) is 19.7. The summed E-state index contributed by atoms with van der Waals surface area (Å²) >= 11 is 0. The van der Waals surface area contributed by atoms with E-state index < -0.39 is 0 Å². The van der Waals surface area contributed by atoms with Crippen LogP contribution in [0.15, 0.2) is 140 Å². The fourth-order valence-corrected chi connectivity index (χ4v) is 4.74. The Hall–Kier alpha value is -5.42. The Morgan fingerprint density at radius 1 is 0.575 bits per heavy atom. The topological polar surface area (TPSA) is 59.0 Å². The maximum atomic E-state index is 12.6. The van der Waals surface area contributed by atoms with Crippen LogP contribution < -0.4 is 10.6 Å². The number of hydrogen-bond donors (Lipinski definition) is 2. The molecule has 0 saturated carbocycles. The molecule has 40 heavy (non-hydrogen) atoms. The van der Waals surface area contributed by atoms with Crippen LogP contribution in [0.25, 0.3) is 39.6 Å². The Morgan fingerprint density at radius 3 is 1.70 bits per heavy atom. The average molecular weight is 521 g/mol. The van der Waals surface area contributed by atoms with Crippen molar-refractivity contribution in [2.24, 2.45) is 0 Å². The van der Waals surface area contributed by atoms with E-state index in [1.807, 2.05) is 91.0 Å². The molecule has 6 aromatic rings. The van der Waals surface area contributed by atoms with Crippen molar-refractivity contribution in [3.63, 3.8) is 0 Å². The molecule has 0 aliphatic carbocycles. The molecular formula is C35H28N4O. The van der Waals surface area contributed by atoms with Gasteiger partial charge in [-0.2, -0.15) is 0 Å². The Morgan fingerprint density at radius 2 is 1.10 bits per heavy atom. The zero-order valence-electron chi connectivity index (χ0n) is 22.1. The standard InChI is InChI=1S/C35H28N4O/c1-25-17-19-28(20-18-25)34-38-32(26-11-5-2-6-12-26)33(27-13-7-3-8-14-27)39(34)31-23-21-30(22-24-31)37-35(40)36-29-15-9-4-10-16-29/h2-24H,1H3,(H2,36,37,40). The third-order valence-corrected chi connectivity index (χ3v) is 6.70. The molecule has 0 radical (unpaired) electrons. The smallest absolute Gasteiger partial charge is 0.308 e. The second-order valence-electron chi connectivity index (χ2n) is 9.56. The van der Waals surface area contributed by atoms with Crippen LogP contribution in [0.3, 0.4) is 0 Å². The van der Waals surface area contributed by atoms with Gasteiger partial charge in [0.15, 0.2) is 0 Å². The van der Waals surface area contributed by atoms with E-state index >= 15 is 0 Å². The van der Waals surface area contributed by atoms with Crippen LogP contribution in [0, 0.1) is 6.92 Å². The number of aromatic nitrogens is 2. The number of imidazole rings is 1. The van der Waals surface area contributed by atoms with Crippen LogP contribution in [0.4, 0.5) is 16.2 Å². The highest BCUT2D eigenvalue weighted by Gasteiger charge is 2.22. The van der Waals surface area contributed by atoms with E-state index in [2.05, 4.69) is 70.7 Å². The lowest BCUT2D eigenvalue weighted by Gasteiger charge is -2.15. The summed E-state index contributed by atoms with van der Waals surface area (Å²) in [7, 11) is 0. The van der Waals surface area contributed by atoms with Crippen molar-refractivity contribution >= 4 is 17.4 Å². The monoisotopic (exact) mass is 520 g/mol. The number of nitrogens with zero attached hydrogens (tertiary/aromatic N) is 2. The molecule has 0 aliphatic heterocycles. The molecule has 0 saturated heterocycles. The first-order valence-electron chi connectivity index (χ1n) is 13.2.